The zero-order valence-electron chi connectivity index (χ0n) is 26.2. The fourth-order valence-electron chi connectivity index (χ4n) is 6.75. The van der Waals surface area contributed by atoms with Gasteiger partial charge in [-0.25, -0.2) is 4.79 Å². The summed E-state index contributed by atoms with van der Waals surface area (Å²) in [5, 5.41) is 15.8. The second kappa shape index (κ2) is 14.6. The van der Waals surface area contributed by atoms with Gasteiger partial charge in [0.05, 0.1) is 37.2 Å². The van der Waals surface area contributed by atoms with Crippen LogP contribution in [0, 0.1) is 0 Å². The quantitative estimate of drug-likeness (QED) is 0.294. The van der Waals surface area contributed by atoms with Crippen LogP contribution in [0.5, 0.6) is 5.75 Å². The number of hydrogen-bond acceptors (Lipinski definition) is 7. The van der Waals surface area contributed by atoms with Crippen LogP contribution in [0.1, 0.15) is 65.6 Å². The number of carbonyl (C=O) groups is 4. The number of aliphatic hydroxyl groups excluding tert-OH is 1. The Morgan fingerprint density at radius 3 is 2.30 bits per heavy atom. The van der Waals surface area contributed by atoms with Crippen LogP contribution in [0.15, 0.2) is 78.9 Å². The van der Waals surface area contributed by atoms with E-state index in [4.69, 9.17) is 9.47 Å². The lowest BCUT2D eigenvalue weighted by atomic mass is 9.62. The van der Waals surface area contributed by atoms with Crippen molar-refractivity contribution in [2.75, 3.05) is 33.4 Å². The summed E-state index contributed by atoms with van der Waals surface area (Å²) in [7, 11) is 1.53. The lowest BCUT2D eigenvalue weighted by Gasteiger charge is -2.43. The summed E-state index contributed by atoms with van der Waals surface area (Å²) in [6.45, 7) is 2.17. The molecule has 0 bridgehead atoms. The molecule has 3 aromatic rings. The average molecular weight is 628 g/mol. The molecule has 0 unspecified atom stereocenters. The number of methoxy groups -OCH3 is 1. The molecule has 0 aromatic heterocycles. The molecule has 242 valence electrons. The van der Waals surface area contributed by atoms with Crippen LogP contribution in [0.2, 0.25) is 0 Å². The third-order valence-corrected chi connectivity index (χ3v) is 9.11. The molecular weight excluding hydrogens is 586 g/mol. The second-order valence-corrected chi connectivity index (χ2v) is 11.7. The molecule has 2 aliphatic rings. The topological polar surface area (TPSA) is 134 Å². The van der Waals surface area contributed by atoms with E-state index in [1.54, 1.807) is 25.1 Å². The fraction of sp³-hybridized carbons (Fsp3) is 0.389. The number of nitrogens with one attached hydrogen (secondary N) is 2. The highest BCUT2D eigenvalue weighted by atomic mass is 16.5. The molecule has 1 saturated heterocycles. The Hall–Kier alpha value is -4.70. The second-order valence-electron chi connectivity index (χ2n) is 11.7. The lowest BCUT2D eigenvalue weighted by molar-refractivity contribution is -0.149. The van der Waals surface area contributed by atoms with Gasteiger partial charge in [0, 0.05) is 19.1 Å². The van der Waals surface area contributed by atoms with Crippen molar-refractivity contribution in [1.29, 1.82) is 0 Å². The van der Waals surface area contributed by atoms with Crippen LogP contribution < -0.4 is 15.4 Å². The van der Waals surface area contributed by atoms with E-state index in [1.807, 2.05) is 65.6 Å². The Morgan fingerprint density at radius 2 is 1.61 bits per heavy atom. The van der Waals surface area contributed by atoms with E-state index in [-0.39, 0.29) is 24.5 Å². The van der Waals surface area contributed by atoms with Gasteiger partial charge in [-0.1, -0.05) is 66.7 Å². The molecule has 46 heavy (non-hydrogen) atoms. The molecule has 0 spiro atoms. The minimum Gasteiger partial charge on any atom is -0.496 e. The number of nitrogens with zero attached hydrogens (tertiary/aromatic N) is 1. The van der Waals surface area contributed by atoms with Gasteiger partial charge in [-0.3, -0.25) is 14.4 Å². The Balaban J connectivity index is 1.35. The summed E-state index contributed by atoms with van der Waals surface area (Å²) in [4.78, 5) is 55.6. The zero-order valence-corrected chi connectivity index (χ0v) is 26.2. The zero-order chi connectivity index (χ0) is 32.7. The summed E-state index contributed by atoms with van der Waals surface area (Å²) < 4.78 is 10.4. The summed E-state index contributed by atoms with van der Waals surface area (Å²) in [6, 6.07) is 22.6. The van der Waals surface area contributed by atoms with Crippen molar-refractivity contribution in [2.24, 2.45) is 0 Å². The number of fused-ring (bicyclic) bond motifs is 1. The van der Waals surface area contributed by atoms with Gasteiger partial charge in [-0.15, -0.1) is 0 Å². The number of piperidine rings is 1. The molecule has 5 rings (SSSR count). The van der Waals surface area contributed by atoms with Crippen molar-refractivity contribution >= 4 is 23.7 Å². The number of amides is 3. The highest BCUT2D eigenvalue weighted by Crippen LogP contribution is 2.48. The Labute approximate surface area is 269 Å². The molecule has 3 atom stereocenters. The number of likely N-dealkylation sites (tertiary alicyclic amines) is 1. The Morgan fingerprint density at radius 1 is 0.935 bits per heavy atom. The lowest BCUT2D eigenvalue weighted by Crippen LogP contribution is -2.55. The maximum atomic E-state index is 14.2. The van der Waals surface area contributed by atoms with E-state index in [0.717, 1.165) is 11.1 Å². The van der Waals surface area contributed by atoms with Crippen LogP contribution in [0.3, 0.4) is 0 Å². The molecule has 3 amide bonds. The minimum atomic E-state index is -1.22. The van der Waals surface area contributed by atoms with Crippen molar-refractivity contribution in [3.63, 3.8) is 0 Å². The number of para-hydroxylation sites is 1. The first-order chi connectivity index (χ1) is 22.3. The molecule has 1 fully saturated rings. The number of aliphatic hydroxyl groups is 1. The molecule has 1 aliphatic heterocycles. The third-order valence-electron chi connectivity index (χ3n) is 9.11. The first-order valence-electron chi connectivity index (χ1n) is 15.8. The van der Waals surface area contributed by atoms with Gasteiger partial charge < -0.3 is 30.1 Å². The molecule has 1 aliphatic carbocycles. The van der Waals surface area contributed by atoms with E-state index in [2.05, 4.69) is 10.6 Å². The van der Waals surface area contributed by atoms with E-state index in [1.165, 1.54) is 7.11 Å². The molecular formula is C36H41N3O7. The van der Waals surface area contributed by atoms with Gasteiger partial charge in [0.15, 0.2) is 6.04 Å². The predicted octanol–water partition coefficient (Wildman–Crippen LogP) is 3.32. The molecule has 1 heterocycles. The van der Waals surface area contributed by atoms with Crippen molar-refractivity contribution < 1.29 is 33.8 Å². The smallest absolute Gasteiger partial charge is 0.331 e. The fourth-order valence-corrected chi connectivity index (χ4v) is 6.75. The third kappa shape index (κ3) is 6.48. The SMILES string of the molecule is CCOC(=O)[C@H](CO)NC(=O)[C@@]1(c2ccccc2)CC[C@H](C(=O)N2CCC(NC(=O)c3ccccc3OC)CC2)c2ccccc21. The van der Waals surface area contributed by atoms with Gasteiger partial charge in [0.1, 0.15) is 5.75 Å². The normalized spacial score (nSPS) is 20.2. The van der Waals surface area contributed by atoms with Gasteiger partial charge in [0.2, 0.25) is 11.8 Å². The van der Waals surface area contributed by atoms with Gasteiger partial charge in [-0.05, 0) is 61.4 Å². The summed E-state index contributed by atoms with van der Waals surface area (Å²) >= 11 is 0. The van der Waals surface area contributed by atoms with Gasteiger partial charge in [-0.2, -0.15) is 0 Å². The molecule has 0 radical (unpaired) electrons. The van der Waals surface area contributed by atoms with Crippen molar-refractivity contribution in [3.8, 4) is 5.75 Å². The molecule has 3 aromatic carbocycles. The van der Waals surface area contributed by atoms with Crippen LogP contribution in [-0.2, 0) is 24.5 Å². The molecule has 3 N–H and O–H groups in total. The largest absolute Gasteiger partial charge is 0.496 e. The number of rotatable bonds is 10. The molecule has 10 nitrogen and oxygen atoms in total. The predicted molar refractivity (Wildman–Crippen MR) is 171 cm³/mol. The van der Waals surface area contributed by atoms with Gasteiger partial charge in [0.25, 0.3) is 5.91 Å². The van der Waals surface area contributed by atoms with Crippen molar-refractivity contribution in [3.05, 3.63) is 101 Å². The molecule has 0 saturated carbocycles. The van der Waals surface area contributed by atoms with Crippen molar-refractivity contribution in [1.82, 2.24) is 15.5 Å². The maximum absolute atomic E-state index is 14.2. The van der Waals surface area contributed by atoms with E-state index < -0.39 is 35.9 Å². The van der Waals surface area contributed by atoms with E-state index in [9.17, 15) is 24.3 Å². The summed E-state index contributed by atoms with van der Waals surface area (Å²) in [6.07, 6.45) is 1.97. The van der Waals surface area contributed by atoms with Crippen LogP contribution in [0.4, 0.5) is 0 Å². The number of carbonyl (C=O) groups excluding carboxylic acids is 4. The highest BCUT2D eigenvalue weighted by Gasteiger charge is 2.49. The van der Waals surface area contributed by atoms with E-state index >= 15 is 0 Å². The van der Waals surface area contributed by atoms with Crippen LogP contribution >= 0.6 is 0 Å². The maximum Gasteiger partial charge on any atom is 0.331 e. The number of esters is 1. The summed E-state index contributed by atoms with van der Waals surface area (Å²) in [5.41, 5.74) is 1.48. The van der Waals surface area contributed by atoms with Crippen molar-refractivity contribution in [2.45, 2.75) is 56.0 Å². The monoisotopic (exact) mass is 627 g/mol. The van der Waals surface area contributed by atoms with Gasteiger partial charge >= 0.3 is 5.97 Å². The summed E-state index contributed by atoms with van der Waals surface area (Å²) in [5.74, 6) is -1.30. The van der Waals surface area contributed by atoms with Crippen LogP contribution in [-0.4, -0.2) is 79.2 Å². The Kier molecular flexibility index (Phi) is 10.4. The Bertz CT molecular complexity index is 1550. The number of benzene rings is 3. The number of ether oxygens (including phenoxy) is 2. The van der Waals surface area contributed by atoms with E-state index in [0.29, 0.717) is 55.6 Å². The first kappa shape index (κ1) is 32.7. The average Bonchev–Trinajstić information content (AvgIpc) is 3.10. The van der Waals surface area contributed by atoms with Crippen LogP contribution in [0.25, 0.3) is 0 Å². The minimum absolute atomic E-state index is 0.0104. The molecule has 10 heteroatoms. The first-order valence-corrected chi connectivity index (χ1v) is 15.8. The standard InChI is InChI=1S/C36H41N3O7/c1-3-46-34(43)30(23-40)38-35(44)36(24-11-5-4-6-12-24)20-17-27(26-13-7-9-15-29(26)36)33(42)39-21-18-25(19-22-39)37-32(41)28-14-8-10-16-31(28)45-2/h4-16,25,27,30,40H,3,17-23H2,1-2H3,(H,37,41)(H,38,44)/t27-,30-,36+/m0/s1. The highest BCUT2D eigenvalue weighted by molar-refractivity contribution is 5.98. The number of hydrogen-bond donors (Lipinski definition) is 3.